The maximum atomic E-state index is 6.49. The highest BCUT2D eigenvalue weighted by molar-refractivity contribution is 6.70. The summed E-state index contributed by atoms with van der Waals surface area (Å²) in [5.41, 5.74) is 0. The van der Waals surface area contributed by atoms with Gasteiger partial charge in [-0.2, -0.15) is 0 Å². The summed E-state index contributed by atoms with van der Waals surface area (Å²) < 4.78 is 12.4. The molecular formula is C24H54O2Si2. The van der Waals surface area contributed by atoms with Gasteiger partial charge in [0.2, 0.25) is 0 Å². The van der Waals surface area contributed by atoms with Crippen molar-refractivity contribution in [1.82, 2.24) is 0 Å². The molecule has 0 saturated carbocycles. The van der Waals surface area contributed by atoms with Crippen LogP contribution in [-0.4, -0.2) is 29.3 Å². The zero-order valence-electron chi connectivity index (χ0n) is 20.7. The lowest BCUT2D eigenvalue weighted by Crippen LogP contribution is -2.32. The lowest BCUT2D eigenvalue weighted by Gasteiger charge is -2.26. The van der Waals surface area contributed by atoms with Crippen molar-refractivity contribution in [1.29, 1.82) is 0 Å². The van der Waals surface area contributed by atoms with Crippen LogP contribution in [0.2, 0.25) is 39.3 Å². The van der Waals surface area contributed by atoms with Gasteiger partial charge >= 0.3 is 0 Å². The number of hydrogen-bond acceptors (Lipinski definition) is 2. The minimum absolute atomic E-state index is 0.525. The zero-order chi connectivity index (χ0) is 21.3. The van der Waals surface area contributed by atoms with Gasteiger partial charge in [0.05, 0.1) is 0 Å². The van der Waals surface area contributed by atoms with E-state index in [0.717, 1.165) is 6.61 Å². The van der Waals surface area contributed by atoms with E-state index in [4.69, 9.17) is 8.85 Å². The van der Waals surface area contributed by atoms with Gasteiger partial charge in [-0.25, -0.2) is 0 Å². The topological polar surface area (TPSA) is 18.5 Å². The molecule has 28 heavy (non-hydrogen) atoms. The molecular weight excluding hydrogens is 376 g/mol. The quantitative estimate of drug-likeness (QED) is 0.142. The van der Waals surface area contributed by atoms with E-state index >= 15 is 0 Å². The molecule has 0 N–H and O–H groups in total. The highest BCUT2D eigenvalue weighted by atomic mass is 28.4. The molecule has 1 unspecified atom stereocenters. The second-order valence-electron chi connectivity index (χ2n) is 10.6. The molecule has 0 aliphatic carbocycles. The summed E-state index contributed by atoms with van der Waals surface area (Å²) in [5, 5.41) is 0. The fourth-order valence-electron chi connectivity index (χ4n) is 3.65. The highest BCUT2D eigenvalue weighted by Gasteiger charge is 2.20. The first-order valence-corrected chi connectivity index (χ1v) is 19.3. The summed E-state index contributed by atoms with van der Waals surface area (Å²) in [6.07, 6.45) is 20.9. The van der Waals surface area contributed by atoms with Crippen LogP contribution in [0.25, 0.3) is 0 Å². The van der Waals surface area contributed by atoms with Gasteiger partial charge in [-0.3, -0.25) is 0 Å². The molecule has 0 fully saturated rings. The highest BCUT2D eigenvalue weighted by Crippen LogP contribution is 2.20. The van der Waals surface area contributed by atoms with Crippen molar-refractivity contribution in [2.24, 2.45) is 0 Å². The molecule has 0 bridgehead atoms. The summed E-state index contributed by atoms with van der Waals surface area (Å²) in [6, 6.07) is 0. The Morgan fingerprint density at radius 1 is 0.536 bits per heavy atom. The van der Waals surface area contributed by atoms with Crippen LogP contribution in [0, 0.1) is 0 Å². The molecule has 0 aromatic carbocycles. The van der Waals surface area contributed by atoms with Crippen LogP contribution >= 0.6 is 0 Å². The Kier molecular flexibility index (Phi) is 17.3. The Hall–Kier alpha value is 0.354. The molecule has 0 rings (SSSR count). The predicted octanol–water partition coefficient (Wildman–Crippen LogP) is 8.93. The third kappa shape index (κ3) is 22.6. The van der Waals surface area contributed by atoms with E-state index in [9.17, 15) is 0 Å². The molecule has 0 aromatic rings. The van der Waals surface area contributed by atoms with Crippen LogP contribution in [0.3, 0.4) is 0 Å². The summed E-state index contributed by atoms with van der Waals surface area (Å²) in [4.78, 5) is 0. The molecule has 0 amide bonds. The van der Waals surface area contributed by atoms with Gasteiger partial charge in [-0.15, -0.1) is 0 Å². The minimum Gasteiger partial charge on any atom is -0.418 e. The zero-order valence-corrected chi connectivity index (χ0v) is 22.7. The Bertz CT molecular complexity index is 334. The molecule has 0 saturated heterocycles. The van der Waals surface area contributed by atoms with Gasteiger partial charge in [0.25, 0.3) is 0 Å². The van der Waals surface area contributed by atoms with Crippen molar-refractivity contribution < 1.29 is 8.85 Å². The van der Waals surface area contributed by atoms with Gasteiger partial charge in [0.15, 0.2) is 16.6 Å². The van der Waals surface area contributed by atoms with E-state index in [1.165, 1.54) is 96.3 Å². The predicted molar refractivity (Wildman–Crippen MR) is 132 cm³/mol. The maximum Gasteiger partial charge on any atom is 0.184 e. The fraction of sp³-hybridized carbons (Fsp3) is 1.00. The first kappa shape index (κ1) is 28.4. The van der Waals surface area contributed by atoms with Gasteiger partial charge in [0, 0.05) is 12.7 Å². The summed E-state index contributed by atoms with van der Waals surface area (Å²) in [7, 11) is -2.72. The lowest BCUT2D eigenvalue weighted by molar-refractivity contribution is 0.165. The van der Waals surface area contributed by atoms with Crippen molar-refractivity contribution in [2.75, 3.05) is 6.61 Å². The smallest absolute Gasteiger partial charge is 0.184 e. The summed E-state index contributed by atoms with van der Waals surface area (Å²) >= 11 is 0. The molecule has 0 aliphatic rings. The number of rotatable bonds is 20. The maximum absolute atomic E-state index is 6.49. The molecule has 2 nitrogen and oxygen atoms in total. The van der Waals surface area contributed by atoms with E-state index in [1.807, 2.05) is 0 Å². The first-order valence-electron chi connectivity index (χ1n) is 12.5. The normalized spacial score (nSPS) is 13.8. The van der Waals surface area contributed by atoms with E-state index in [0.29, 0.717) is 6.10 Å². The van der Waals surface area contributed by atoms with Crippen LogP contribution in [-0.2, 0) is 8.85 Å². The molecule has 0 aliphatic heterocycles. The van der Waals surface area contributed by atoms with Crippen LogP contribution in [0.1, 0.15) is 103 Å². The number of hydrogen-bond donors (Lipinski definition) is 0. The Labute approximate surface area is 180 Å². The van der Waals surface area contributed by atoms with Crippen molar-refractivity contribution in [3.05, 3.63) is 0 Å². The van der Waals surface area contributed by atoms with Crippen LogP contribution in [0.4, 0.5) is 0 Å². The van der Waals surface area contributed by atoms with E-state index < -0.39 is 16.6 Å². The van der Waals surface area contributed by atoms with E-state index in [1.54, 1.807) is 0 Å². The van der Waals surface area contributed by atoms with Crippen molar-refractivity contribution >= 4 is 16.6 Å². The molecule has 0 aromatic heterocycles. The number of unbranched alkanes of at least 4 members (excludes halogenated alkanes) is 11. The Morgan fingerprint density at radius 2 is 0.964 bits per heavy atom. The van der Waals surface area contributed by atoms with Crippen LogP contribution in [0.5, 0.6) is 0 Å². The van der Waals surface area contributed by atoms with Crippen molar-refractivity contribution in [3.8, 4) is 0 Å². The average Bonchev–Trinajstić information content (AvgIpc) is 2.57. The molecule has 0 heterocycles. The standard InChI is InChI=1S/C24H54O2Si2/c1-8-9-10-11-15-18-21-24(26-28(5,6)7)22-19-16-13-12-14-17-20-23-25-27(2,3)4/h24H,8-23H2,1-7H3. The Morgan fingerprint density at radius 3 is 1.39 bits per heavy atom. The van der Waals surface area contributed by atoms with Crippen molar-refractivity contribution in [2.45, 2.75) is 149 Å². The molecule has 0 spiro atoms. The SMILES string of the molecule is CCCCCCCCC(CCCCCCCCCO[Si](C)(C)C)O[Si](C)(C)C. The third-order valence-electron chi connectivity index (χ3n) is 5.11. The van der Waals surface area contributed by atoms with Gasteiger partial charge in [0.1, 0.15) is 0 Å². The van der Waals surface area contributed by atoms with Crippen molar-refractivity contribution in [3.63, 3.8) is 0 Å². The lowest BCUT2D eigenvalue weighted by atomic mass is 10.0. The first-order chi connectivity index (χ1) is 13.1. The minimum atomic E-state index is -1.42. The summed E-state index contributed by atoms with van der Waals surface area (Å²) in [5.74, 6) is 0. The van der Waals surface area contributed by atoms with Crippen LogP contribution in [0.15, 0.2) is 0 Å². The van der Waals surface area contributed by atoms with E-state index in [2.05, 4.69) is 46.2 Å². The second kappa shape index (κ2) is 17.1. The van der Waals surface area contributed by atoms with Gasteiger partial charge in [-0.05, 0) is 58.5 Å². The fourth-order valence-corrected chi connectivity index (χ4v) is 5.64. The molecule has 1 atom stereocenters. The van der Waals surface area contributed by atoms with Gasteiger partial charge in [-0.1, -0.05) is 84.0 Å². The van der Waals surface area contributed by atoms with Crippen LogP contribution < -0.4 is 0 Å². The summed E-state index contributed by atoms with van der Waals surface area (Å²) in [6.45, 7) is 17.1. The Balaban J connectivity index is 3.72. The largest absolute Gasteiger partial charge is 0.418 e. The monoisotopic (exact) mass is 430 g/mol. The third-order valence-corrected chi connectivity index (χ3v) is 7.22. The average molecular weight is 431 g/mol. The molecule has 0 radical (unpaired) electrons. The van der Waals surface area contributed by atoms with Gasteiger partial charge < -0.3 is 8.85 Å². The molecule has 4 heteroatoms. The van der Waals surface area contributed by atoms with E-state index in [-0.39, 0.29) is 0 Å². The molecule has 170 valence electrons. The second-order valence-corrected chi connectivity index (χ2v) is 19.6.